The van der Waals surface area contributed by atoms with Crippen LogP contribution in [0.2, 0.25) is 0 Å². The largest absolute Gasteiger partial charge is 0.354 e. The summed E-state index contributed by atoms with van der Waals surface area (Å²) in [6.45, 7) is 2.80. The Morgan fingerprint density at radius 1 is 0.800 bits per heavy atom. The summed E-state index contributed by atoms with van der Waals surface area (Å²) in [7, 11) is 0. The molecule has 0 radical (unpaired) electrons. The molecule has 0 saturated heterocycles. The van der Waals surface area contributed by atoms with Crippen molar-refractivity contribution in [2.75, 3.05) is 5.32 Å². The quantitative estimate of drug-likeness (QED) is 0.556. The monoisotopic (exact) mass is 358 g/mol. The second-order valence-electron chi connectivity index (χ2n) is 5.17. The normalized spacial score (nSPS) is 12.5. The third kappa shape index (κ3) is 4.62. The molecule has 0 aliphatic rings. The number of rotatable bonds is 4. The van der Waals surface area contributed by atoms with Gasteiger partial charge in [0.25, 0.3) is 0 Å². The van der Waals surface area contributed by atoms with E-state index in [4.69, 9.17) is 0 Å². The summed E-state index contributed by atoms with van der Waals surface area (Å²) in [4.78, 5) is 3.68. The summed E-state index contributed by atoms with van der Waals surface area (Å²) in [5, 5.41) is 2.38. The number of anilines is 1. The average Bonchev–Trinajstić information content (AvgIpc) is 2.46. The van der Waals surface area contributed by atoms with Crippen LogP contribution in [0.1, 0.15) is 13.8 Å². The van der Waals surface area contributed by atoms with Crippen LogP contribution in [0.5, 0.6) is 0 Å². The van der Waals surface area contributed by atoms with Gasteiger partial charge in [0.1, 0.15) is 23.0 Å². The van der Waals surface area contributed by atoms with E-state index >= 15 is 0 Å². The van der Waals surface area contributed by atoms with E-state index in [9.17, 15) is 26.3 Å². The molecule has 0 fully saturated rings. The SMILES string of the molecule is CC(=CC(C)=Nc1c(F)cc(F)cc1F)Nc1c(F)cc(F)cc1F. The highest BCUT2D eigenvalue weighted by Gasteiger charge is 2.12. The van der Waals surface area contributed by atoms with Gasteiger partial charge in [0.05, 0.1) is 0 Å². The minimum atomic E-state index is -1.19. The predicted octanol–water partition coefficient (Wildman–Crippen LogP) is 5.63. The Balaban J connectivity index is 2.28. The fourth-order valence-electron chi connectivity index (χ4n) is 2.06. The van der Waals surface area contributed by atoms with Gasteiger partial charge in [-0.2, -0.15) is 0 Å². The Labute approximate surface area is 139 Å². The van der Waals surface area contributed by atoms with Crippen LogP contribution in [-0.2, 0) is 0 Å². The van der Waals surface area contributed by atoms with Crippen molar-refractivity contribution in [3.05, 3.63) is 70.9 Å². The zero-order chi connectivity index (χ0) is 18.7. The minimum absolute atomic E-state index is 0.0809. The maximum atomic E-state index is 13.6. The predicted molar refractivity (Wildman–Crippen MR) is 82.8 cm³/mol. The number of hydrogen-bond donors (Lipinski definition) is 1. The zero-order valence-electron chi connectivity index (χ0n) is 13.1. The summed E-state index contributed by atoms with van der Waals surface area (Å²) in [5.74, 6) is -6.81. The van der Waals surface area contributed by atoms with E-state index in [2.05, 4.69) is 10.3 Å². The first-order valence-electron chi connectivity index (χ1n) is 6.97. The molecule has 0 aromatic heterocycles. The van der Waals surface area contributed by atoms with E-state index < -0.39 is 46.3 Å². The van der Waals surface area contributed by atoms with Crippen LogP contribution < -0.4 is 5.32 Å². The molecule has 2 aromatic rings. The molecule has 0 aliphatic heterocycles. The molecule has 0 heterocycles. The van der Waals surface area contributed by atoms with Crippen LogP contribution in [0.3, 0.4) is 0 Å². The first-order chi connectivity index (χ1) is 11.7. The Hall–Kier alpha value is -2.77. The summed E-state index contributed by atoms with van der Waals surface area (Å²) in [6.07, 6.45) is 1.25. The Bertz CT molecular complexity index is 827. The van der Waals surface area contributed by atoms with Crippen molar-refractivity contribution >= 4 is 17.1 Å². The van der Waals surface area contributed by atoms with Gasteiger partial charge >= 0.3 is 0 Å². The molecule has 2 rings (SSSR count). The van der Waals surface area contributed by atoms with Gasteiger partial charge in [0.2, 0.25) is 0 Å². The molecule has 8 heteroatoms. The van der Waals surface area contributed by atoms with E-state index in [1.807, 2.05) is 0 Å². The van der Waals surface area contributed by atoms with Gasteiger partial charge < -0.3 is 5.32 Å². The van der Waals surface area contributed by atoms with Crippen molar-refractivity contribution in [1.82, 2.24) is 0 Å². The molecule has 25 heavy (non-hydrogen) atoms. The third-order valence-electron chi connectivity index (χ3n) is 3.02. The Kier molecular flexibility index (Phi) is 5.51. The van der Waals surface area contributed by atoms with Crippen LogP contribution >= 0.6 is 0 Å². The van der Waals surface area contributed by atoms with Gasteiger partial charge in [0, 0.05) is 35.7 Å². The highest BCUT2D eigenvalue weighted by Crippen LogP contribution is 2.24. The second-order valence-corrected chi connectivity index (χ2v) is 5.17. The summed E-state index contributed by atoms with van der Waals surface area (Å²) in [6, 6.07) is 1.96. The van der Waals surface area contributed by atoms with E-state index in [1.54, 1.807) is 0 Å². The highest BCUT2D eigenvalue weighted by atomic mass is 19.2. The molecular formula is C17H12F6N2. The summed E-state index contributed by atoms with van der Waals surface area (Å²) in [5.41, 5.74) is -1.02. The topological polar surface area (TPSA) is 24.4 Å². The lowest BCUT2D eigenvalue weighted by Gasteiger charge is -2.09. The molecule has 0 atom stereocenters. The molecule has 132 valence electrons. The molecular weight excluding hydrogens is 346 g/mol. The lowest BCUT2D eigenvalue weighted by molar-refractivity contribution is 0.546. The Morgan fingerprint density at radius 2 is 1.24 bits per heavy atom. The lowest BCUT2D eigenvalue weighted by atomic mass is 10.2. The fourth-order valence-corrected chi connectivity index (χ4v) is 2.06. The van der Waals surface area contributed by atoms with Crippen LogP contribution in [0.25, 0.3) is 0 Å². The number of nitrogens with one attached hydrogen (secondary N) is 1. The van der Waals surface area contributed by atoms with Crippen molar-refractivity contribution in [3.63, 3.8) is 0 Å². The smallest absolute Gasteiger partial charge is 0.154 e. The number of nitrogens with zero attached hydrogens (tertiary/aromatic N) is 1. The summed E-state index contributed by atoms with van der Waals surface area (Å²) >= 11 is 0. The van der Waals surface area contributed by atoms with E-state index in [0.29, 0.717) is 24.3 Å². The summed E-state index contributed by atoms with van der Waals surface area (Å²) < 4.78 is 79.9. The molecule has 0 amide bonds. The van der Waals surface area contributed by atoms with E-state index in [-0.39, 0.29) is 11.4 Å². The van der Waals surface area contributed by atoms with Crippen LogP contribution in [0.15, 0.2) is 41.0 Å². The second kappa shape index (κ2) is 7.42. The number of benzene rings is 2. The standard InChI is InChI=1S/C17H12F6N2/c1-8(24-16-12(20)4-10(18)5-13(16)21)3-9(2)25-17-14(22)6-11(19)7-15(17)23/h3-7,24H,1-2H3. The van der Waals surface area contributed by atoms with Crippen molar-refractivity contribution in [2.45, 2.75) is 13.8 Å². The number of allylic oxidation sites excluding steroid dienone is 2. The van der Waals surface area contributed by atoms with Crippen molar-refractivity contribution in [3.8, 4) is 0 Å². The van der Waals surface area contributed by atoms with E-state index in [1.165, 1.54) is 19.9 Å². The van der Waals surface area contributed by atoms with Gasteiger partial charge in [-0.3, -0.25) is 0 Å². The minimum Gasteiger partial charge on any atom is -0.354 e. The van der Waals surface area contributed by atoms with Crippen LogP contribution in [-0.4, -0.2) is 5.71 Å². The first-order valence-corrected chi connectivity index (χ1v) is 6.97. The average molecular weight is 358 g/mol. The van der Waals surface area contributed by atoms with Crippen molar-refractivity contribution in [2.24, 2.45) is 4.99 Å². The lowest BCUT2D eigenvalue weighted by Crippen LogP contribution is -2.04. The fraction of sp³-hybridized carbons (Fsp3) is 0.118. The first kappa shape index (κ1) is 18.6. The van der Waals surface area contributed by atoms with Gasteiger partial charge in [0.15, 0.2) is 23.3 Å². The molecule has 0 spiro atoms. The maximum absolute atomic E-state index is 13.6. The highest BCUT2D eigenvalue weighted by molar-refractivity contribution is 5.95. The third-order valence-corrected chi connectivity index (χ3v) is 3.02. The van der Waals surface area contributed by atoms with Crippen LogP contribution in [0, 0.1) is 34.9 Å². The van der Waals surface area contributed by atoms with Gasteiger partial charge in [-0.05, 0) is 19.9 Å². The molecule has 0 unspecified atom stereocenters. The molecule has 0 aliphatic carbocycles. The Morgan fingerprint density at radius 3 is 1.72 bits per heavy atom. The molecule has 1 N–H and O–H groups in total. The van der Waals surface area contributed by atoms with E-state index in [0.717, 1.165) is 0 Å². The zero-order valence-corrected chi connectivity index (χ0v) is 13.1. The van der Waals surface area contributed by atoms with Crippen LogP contribution in [0.4, 0.5) is 37.7 Å². The molecule has 0 saturated carbocycles. The maximum Gasteiger partial charge on any atom is 0.154 e. The molecule has 2 aromatic carbocycles. The molecule has 0 bridgehead atoms. The number of hydrogen-bond acceptors (Lipinski definition) is 2. The number of halogens is 6. The molecule has 2 nitrogen and oxygen atoms in total. The van der Waals surface area contributed by atoms with Gasteiger partial charge in [-0.25, -0.2) is 31.3 Å². The van der Waals surface area contributed by atoms with Gasteiger partial charge in [-0.15, -0.1) is 0 Å². The number of aliphatic imine (C=N–C) groups is 1. The van der Waals surface area contributed by atoms with Crippen molar-refractivity contribution in [1.29, 1.82) is 0 Å². The van der Waals surface area contributed by atoms with Crippen molar-refractivity contribution < 1.29 is 26.3 Å². The van der Waals surface area contributed by atoms with Gasteiger partial charge in [-0.1, -0.05) is 0 Å².